The molecule has 2 aromatic rings. The van der Waals surface area contributed by atoms with E-state index in [4.69, 9.17) is 0 Å². The van der Waals surface area contributed by atoms with Crippen LogP contribution in [0.15, 0.2) is 30.9 Å². The first-order valence-electron chi connectivity index (χ1n) is 7.47. The van der Waals surface area contributed by atoms with Crippen LogP contribution in [0.3, 0.4) is 0 Å². The van der Waals surface area contributed by atoms with Gasteiger partial charge in [0.25, 0.3) is 0 Å². The zero-order valence-corrected chi connectivity index (χ0v) is 13.1. The van der Waals surface area contributed by atoms with Gasteiger partial charge in [-0.15, -0.1) is 0 Å². The molecular weight excluding hydrogens is 278 g/mol. The van der Waals surface area contributed by atoms with E-state index in [0.717, 1.165) is 13.1 Å². The molecule has 0 bridgehead atoms. The van der Waals surface area contributed by atoms with E-state index in [1.54, 1.807) is 15.9 Å². The van der Waals surface area contributed by atoms with Gasteiger partial charge in [-0.3, -0.25) is 14.4 Å². The van der Waals surface area contributed by atoms with Gasteiger partial charge in [0.2, 0.25) is 5.91 Å². The summed E-state index contributed by atoms with van der Waals surface area (Å²) in [5, 5.41) is 4.01. The summed E-state index contributed by atoms with van der Waals surface area (Å²) >= 11 is 0. The second-order valence-electron chi connectivity index (χ2n) is 5.93. The lowest BCUT2D eigenvalue weighted by molar-refractivity contribution is -0.130. The zero-order valence-electron chi connectivity index (χ0n) is 13.1. The van der Waals surface area contributed by atoms with E-state index in [1.165, 1.54) is 23.0 Å². The summed E-state index contributed by atoms with van der Waals surface area (Å²) in [6.07, 6.45) is 3.55. The highest BCUT2D eigenvalue weighted by Gasteiger charge is 2.16. The zero-order chi connectivity index (χ0) is 15.5. The van der Waals surface area contributed by atoms with Crippen LogP contribution in [0.4, 0.5) is 0 Å². The highest BCUT2D eigenvalue weighted by Crippen LogP contribution is 2.22. The number of aryl methyl sites for hydroxylation is 1. The van der Waals surface area contributed by atoms with Crippen LogP contribution in [0.5, 0.6) is 0 Å². The van der Waals surface area contributed by atoms with Gasteiger partial charge in [-0.25, -0.2) is 4.98 Å². The van der Waals surface area contributed by atoms with Gasteiger partial charge in [-0.1, -0.05) is 18.2 Å². The Morgan fingerprint density at radius 3 is 2.91 bits per heavy atom. The molecule has 1 aliphatic heterocycles. The summed E-state index contributed by atoms with van der Waals surface area (Å²) in [4.78, 5) is 20.1. The van der Waals surface area contributed by atoms with E-state index in [-0.39, 0.29) is 5.91 Å². The topological polar surface area (TPSA) is 54.3 Å². The minimum Gasteiger partial charge on any atom is -0.341 e. The first kappa shape index (κ1) is 14.7. The quantitative estimate of drug-likeness (QED) is 0.834. The van der Waals surface area contributed by atoms with E-state index >= 15 is 0 Å². The van der Waals surface area contributed by atoms with Crippen molar-refractivity contribution in [2.75, 3.05) is 14.1 Å². The maximum absolute atomic E-state index is 12.2. The largest absolute Gasteiger partial charge is 0.341 e. The Balaban J connectivity index is 1.56. The van der Waals surface area contributed by atoms with Gasteiger partial charge in [0.05, 0.1) is 6.54 Å². The molecule has 0 saturated carbocycles. The first-order chi connectivity index (χ1) is 10.6. The Bertz CT molecular complexity index is 653. The monoisotopic (exact) mass is 299 g/mol. The highest BCUT2D eigenvalue weighted by atomic mass is 16.2. The second kappa shape index (κ2) is 6.27. The summed E-state index contributed by atoms with van der Waals surface area (Å²) in [6, 6.07) is 6.53. The van der Waals surface area contributed by atoms with Gasteiger partial charge in [-0.2, -0.15) is 5.10 Å². The molecule has 1 aromatic heterocycles. The highest BCUT2D eigenvalue weighted by molar-refractivity contribution is 5.75. The normalized spacial score (nSPS) is 14.1. The minimum atomic E-state index is 0.119. The molecule has 6 heteroatoms. The van der Waals surface area contributed by atoms with E-state index in [1.807, 2.05) is 7.05 Å². The van der Waals surface area contributed by atoms with Gasteiger partial charge in [0.15, 0.2) is 0 Å². The number of benzene rings is 1. The summed E-state index contributed by atoms with van der Waals surface area (Å²) in [5.74, 6) is 0.119. The molecule has 1 aromatic carbocycles. The molecule has 0 N–H and O–H groups in total. The molecule has 116 valence electrons. The number of carbonyl (C=O) groups is 1. The van der Waals surface area contributed by atoms with Crippen molar-refractivity contribution in [3.05, 3.63) is 47.5 Å². The lowest BCUT2D eigenvalue weighted by atomic mass is 10.1. The molecule has 6 nitrogen and oxygen atoms in total. The molecule has 0 aliphatic carbocycles. The summed E-state index contributed by atoms with van der Waals surface area (Å²) in [6.45, 7) is 3.22. The Labute approximate surface area is 130 Å². The third kappa shape index (κ3) is 3.33. The van der Waals surface area contributed by atoms with Gasteiger partial charge in [0, 0.05) is 33.1 Å². The fourth-order valence-electron chi connectivity index (χ4n) is 2.83. The predicted octanol–water partition coefficient (Wildman–Crippen LogP) is 1.27. The maximum Gasteiger partial charge on any atom is 0.224 e. The van der Waals surface area contributed by atoms with Crippen LogP contribution in [0.2, 0.25) is 0 Å². The van der Waals surface area contributed by atoms with Crippen molar-refractivity contribution in [3.8, 4) is 0 Å². The van der Waals surface area contributed by atoms with Gasteiger partial charge < -0.3 is 4.90 Å². The first-order valence-corrected chi connectivity index (χ1v) is 7.47. The predicted molar refractivity (Wildman–Crippen MR) is 82.7 cm³/mol. The van der Waals surface area contributed by atoms with Crippen LogP contribution in [-0.2, 0) is 31.0 Å². The van der Waals surface area contributed by atoms with Crippen molar-refractivity contribution < 1.29 is 4.79 Å². The van der Waals surface area contributed by atoms with Crippen LogP contribution in [0, 0.1) is 0 Å². The summed E-state index contributed by atoms with van der Waals surface area (Å²) in [5.41, 5.74) is 3.96. The number of aromatic nitrogens is 3. The molecule has 0 radical (unpaired) electrons. The average molecular weight is 299 g/mol. The number of carbonyl (C=O) groups excluding carboxylic acids is 1. The van der Waals surface area contributed by atoms with Crippen molar-refractivity contribution in [1.82, 2.24) is 24.6 Å². The van der Waals surface area contributed by atoms with Crippen LogP contribution in [0.1, 0.15) is 23.1 Å². The van der Waals surface area contributed by atoms with Crippen molar-refractivity contribution >= 4 is 5.91 Å². The van der Waals surface area contributed by atoms with Gasteiger partial charge in [-0.05, 0) is 23.7 Å². The molecule has 0 spiro atoms. The molecular formula is C16H21N5O. The SMILES string of the molecule is CN1Cc2ccc(CN(C)C(=O)CCn3cncn3)cc2C1. The minimum absolute atomic E-state index is 0.119. The number of amides is 1. The van der Waals surface area contributed by atoms with Crippen molar-refractivity contribution in [1.29, 1.82) is 0 Å². The van der Waals surface area contributed by atoms with Crippen LogP contribution < -0.4 is 0 Å². The summed E-state index contributed by atoms with van der Waals surface area (Å²) in [7, 11) is 3.97. The third-order valence-electron chi connectivity index (χ3n) is 4.02. The Morgan fingerprint density at radius 2 is 2.14 bits per heavy atom. The molecule has 0 fully saturated rings. The van der Waals surface area contributed by atoms with Gasteiger partial charge >= 0.3 is 0 Å². The number of fused-ring (bicyclic) bond motifs is 1. The lowest BCUT2D eigenvalue weighted by Crippen LogP contribution is -2.27. The fourth-order valence-corrected chi connectivity index (χ4v) is 2.83. The summed E-state index contributed by atoms with van der Waals surface area (Å²) < 4.78 is 1.68. The molecule has 3 rings (SSSR count). The average Bonchev–Trinajstić information content (AvgIpc) is 3.12. The molecule has 0 unspecified atom stereocenters. The van der Waals surface area contributed by atoms with Gasteiger partial charge in [0.1, 0.15) is 12.7 Å². The van der Waals surface area contributed by atoms with E-state index in [0.29, 0.717) is 19.5 Å². The number of nitrogens with zero attached hydrogens (tertiary/aromatic N) is 5. The second-order valence-corrected chi connectivity index (χ2v) is 5.93. The Kier molecular flexibility index (Phi) is 4.20. The molecule has 22 heavy (non-hydrogen) atoms. The lowest BCUT2D eigenvalue weighted by Gasteiger charge is -2.17. The standard InChI is InChI=1S/C16H21N5O/c1-19-9-14-4-3-13(7-15(14)10-19)8-20(2)16(22)5-6-21-12-17-11-18-21/h3-4,7,11-12H,5-6,8-10H2,1-2H3. The smallest absolute Gasteiger partial charge is 0.224 e. The maximum atomic E-state index is 12.2. The Hall–Kier alpha value is -2.21. The van der Waals surface area contributed by atoms with Crippen molar-refractivity contribution in [3.63, 3.8) is 0 Å². The van der Waals surface area contributed by atoms with Crippen LogP contribution >= 0.6 is 0 Å². The fraction of sp³-hybridized carbons (Fsp3) is 0.438. The van der Waals surface area contributed by atoms with Crippen molar-refractivity contribution in [2.45, 2.75) is 32.6 Å². The van der Waals surface area contributed by atoms with E-state index in [2.05, 4.69) is 40.2 Å². The molecule has 1 amide bonds. The van der Waals surface area contributed by atoms with Crippen LogP contribution in [-0.4, -0.2) is 44.6 Å². The number of hydrogen-bond acceptors (Lipinski definition) is 4. The van der Waals surface area contributed by atoms with E-state index in [9.17, 15) is 4.79 Å². The van der Waals surface area contributed by atoms with E-state index < -0.39 is 0 Å². The molecule has 0 atom stereocenters. The van der Waals surface area contributed by atoms with Crippen LogP contribution in [0.25, 0.3) is 0 Å². The number of rotatable bonds is 5. The molecule has 1 aliphatic rings. The van der Waals surface area contributed by atoms with Crippen molar-refractivity contribution in [2.24, 2.45) is 0 Å². The Morgan fingerprint density at radius 1 is 1.32 bits per heavy atom. The number of hydrogen-bond donors (Lipinski definition) is 0. The molecule has 0 saturated heterocycles. The molecule has 2 heterocycles. The third-order valence-corrected chi connectivity index (χ3v) is 4.02.